The lowest BCUT2D eigenvalue weighted by molar-refractivity contribution is -0.129. The van der Waals surface area contributed by atoms with Crippen molar-refractivity contribution in [3.63, 3.8) is 0 Å². The van der Waals surface area contributed by atoms with Crippen LogP contribution in [0, 0.1) is 0 Å². The van der Waals surface area contributed by atoms with E-state index in [1.165, 1.54) is 0 Å². The van der Waals surface area contributed by atoms with Gasteiger partial charge in [0, 0.05) is 11.4 Å². The topological polar surface area (TPSA) is 20.3 Å². The maximum absolute atomic E-state index is 12.6. The molecule has 0 N–H and O–H groups in total. The van der Waals surface area contributed by atoms with Crippen LogP contribution in [0.15, 0.2) is 24.3 Å². The first kappa shape index (κ1) is 16.2. The van der Waals surface area contributed by atoms with Crippen LogP contribution in [0.3, 0.4) is 0 Å². The molecule has 0 fully saturated rings. The third-order valence-electron chi connectivity index (χ3n) is 4.03. The number of rotatable bonds is 7. The van der Waals surface area contributed by atoms with Gasteiger partial charge in [-0.15, -0.1) is 0 Å². The number of nitrogens with zero attached hydrogens (tertiary/aromatic N) is 1. The molecule has 0 saturated heterocycles. The van der Waals surface area contributed by atoms with Crippen LogP contribution in [0.25, 0.3) is 0 Å². The summed E-state index contributed by atoms with van der Waals surface area (Å²) in [5.41, 5.74) is 0.657. The molecule has 0 saturated carbocycles. The molecule has 0 radical (unpaired) electrons. The highest BCUT2D eigenvalue weighted by Gasteiger charge is 2.35. The van der Waals surface area contributed by atoms with Crippen molar-refractivity contribution in [3.05, 3.63) is 34.9 Å². The third kappa shape index (κ3) is 3.80. The van der Waals surface area contributed by atoms with Gasteiger partial charge >= 0.3 is 0 Å². The minimum Gasteiger partial charge on any atom is -0.297 e. The summed E-state index contributed by atoms with van der Waals surface area (Å²) in [7, 11) is 0. The van der Waals surface area contributed by atoms with E-state index in [1.807, 2.05) is 24.3 Å². The van der Waals surface area contributed by atoms with E-state index in [9.17, 15) is 4.79 Å². The zero-order valence-electron chi connectivity index (χ0n) is 12.4. The Balaban J connectivity index is 2.87. The van der Waals surface area contributed by atoms with Gasteiger partial charge in [-0.05, 0) is 44.1 Å². The van der Waals surface area contributed by atoms with E-state index in [0.717, 1.165) is 25.1 Å². The first-order valence-corrected chi connectivity index (χ1v) is 7.38. The lowest BCUT2D eigenvalue weighted by atomic mass is 9.87. The molecule has 1 aromatic carbocycles. The fourth-order valence-corrected chi connectivity index (χ4v) is 2.62. The summed E-state index contributed by atoms with van der Waals surface area (Å²) in [6.45, 7) is 10.1. The molecule has 2 nitrogen and oxygen atoms in total. The van der Waals surface area contributed by atoms with Crippen LogP contribution < -0.4 is 0 Å². The van der Waals surface area contributed by atoms with Crippen molar-refractivity contribution >= 4 is 17.4 Å². The van der Waals surface area contributed by atoms with Crippen molar-refractivity contribution in [2.24, 2.45) is 0 Å². The van der Waals surface area contributed by atoms with Crippen LogP contribution >= 0.6 is 11.6 Å². The Hall–Kier alpha value is -0.860. The van der Waals surface area contributed by atoms with E-state index in [0.29, 0.717) is 11.4 Å². The van der Waals surface area contributed by atoms with E-state index in [1.54, 1.807) is 0 Å². The minimum absolute atomic E-state index is 0.279. The van der Waals surface area contributed by atoms with Gasteiger partial charge in [-0.1, -0.05) is 44.5 Å². The second-order valence-corrected chi connectivity index (χ2v) is 5.46. The molecule has 0 bridgehead atoms. The highest BCUT2D eigenvalue weighted by atomic mass is 35.5. The van der Waals surface area contributed by atoms with E-state index in [4.69, 9.17) is 11.6 Å². The molecule has 1 rings (SSSR count). The molecule has 3 heteroatoms. The Kier molecular flexibility index (Phi) is 6.02. The first-order chi connectivity index (χ1) is 8.97. The van der Waals surface area contributed by atoms with Crippen LogP contribution in [-0.2, 0) is 11.2 Å². The van der Waals surface area contributed by atoms with E-state index >= 15 is 0 Å². The lowest BCUT2D eigenvalue weighted by Gasteiger charge is -2.38. The fraction of sp³-hybridized carbons (Fsp3) is 0.562. The summed E-state index contributed by atoms with van der Waals surface area (Å²) >= 11 is 5.87. The molecule has 0 amide bonds. The predicted molar refractivity (Wildman–Crippen MR) is 81.8 cm³/mol. The van der Waals surface area contributed by atoms with Gasteiger partial charge in [-0.2, -0.15) is 0 Å². The van der Waals surface area contributed by atoms with Crippen molar-refractivity contribution in [1.29, 1.82) is 0 Å². The quantitative estimate of drug-likeness (QED) is 0.754. The predicted octanol–water partition coefficient (Wildman–Crippen LogP) is 3.96. The molecule has 0 spiro atoms. The van der Waals surface area contributed by atoms with E-state index < -0.39 is 0 Å². The van der Waals surface area contributed by atoms with Gasteiger partial charge in [0.2, 0.25) is 0 Å². The fourth-order valence-electron chi connectivity index (χ4n) is 2.50. The molecule has 0 aliphatic carbocycles. The standard InChI is InChI=1S/C16H24ClNO/c1-5-16(4,18(6-2)7-3)15(19)12-13-8-10-14(17)11-9-13/h8-11H,5-7,12H2,1-4H3. The van der Waals surface area contributed by atoms with Gasteiger partial charge < -0.3 is 0 Å². The number of hydrogen-bond acceptors (Lipinski definition) is 2. The highest BCUT2D eigenvalue weighted by Crippen LogP contribution is 2.23. The first-order valence-electron chi connectivity index (χ1n) is 7.00. The summed E-state index contributed by atoms with van der Waals surface area (Å²) in [4.78, 5) is 14.9. The monoisotopic (exact) mass is 281 g/mol. The van der Waals surface area contributed by atoms with Gasteiger partial charge in [0.25, 0.3) is 0 Å². The summed E-state index contributed by atoms with van der Waals surface area (Å²) in [6.07, 6.45) is 1.30. The Morgan fingerprint density at radius 3 is 2.11 bits per heavy atom. The van der Waals surface area contributed by atoms with Crippen molar-refractivity contribution in [2.45, 2.75) is 46.1 Å². The molecule has 106 valence electrons. The number of carbonyl (C=O) groups is 1. The number of ketones is 1. The molecule has 0 aliphatic heterocycles. The second kappa shape index (κ2) is 7.06. The Morgan fingerprint density at radius 1 is 1.16 bits per heavy atom. The summed E-state index contributed by atoms with van der Waals surface area (Å²) in [5, 5.41) is 0.707. The highest BCUT2D eigenvalue weighted by molar-refractivity contribution is 6.30. The van der Waals surface area contributed by atoms with Crippen molar-refractivity contribution in [3.8, 4) is 0 Å². The normalized spacial score (nSPS) is 14.4. The molecule has 0 heterocycles. The minimum atomic E-state index is -0.372. The van der Waals surface area contributed by atoms with Gasteiger partial charge in [0.15, 0.2) is 5.78 Å². The molecule has 1 atom stereocenters. The lowest BCUT2D eigenvalue weighted by Crippen LogP contribution is -2.52. The Morgan fingerprint density at radius 2 is 1.68 bits per heavy atom. The second-order valence-electron chi connectivity index (χ2n) is 5.03. The molecule has 1 aromatic rings. The average Bonchev–Trinajstić information content (AvgIpc) is 2.42. The zero-order valence-corrected chi connectivity index (χ0v) is 13.1. The van der Waals surface area contributed by atoms with E-state index in [-0.39, 0.29) is 11.3 Å². The number of likely N-dealkylation sites (N-methyl/N-ethyl adjacent to an activating group) is 1. The molecular weight excluding hydrogens is 258 g/mol. The molecule has 19 heavy (non-hydrogen) atoms. The van der Waals surface area contributed by atoms with Crippen LogP contribution in [-0.4, -0.2) is 29.3 Å². The average molecular weight is 282 g/mol. The number of carbonyl (C=O) groups excluding carboxylic acids is 1. The van der Waals surface area contributed by atoms with Crippen LogP contribution in [0.2, 0.25) is 5.02 Å². The third-order valence-corrected chi connectivity index (χ3v) is 4.28. The molecule has 1 unspecified atom stereocenters. The van der Waals surface area contributed by atoms with Gasteiger partial charge in [-0.3, -0.25) is 9.69 Å². The Labute approximate surface area is 121 Å². The summed E-state index contributed by atoms with van der Waals surface area (Å²) in [5.74, 6) is 0.279. The maximum Gasteiger partial charge on any atom is 0.157 e. The molecular formula is C16H24ClNO. The number of Topliss-reactive ketones (excluding diaryl/α,β-unsaturated/α-hetero) is 1. The van der Waals surface area contributed by atoms with Gasteiger partial charge in [-0.25, -0.2) is 0 Å². The van der Waals surface area contributed by atoms with E-state index in [2.05, 4.69) is 32.6 Å². The Bertz CT molecular complexity index is 411. The molecule has 0 aromatic heterocycles. The van der Waals surface area contributed by atoms with Crippen LogP contribution in [0.4, 0.5) is 0 Å². The largest absolute Gasteiger partial charge is 0.297 e. The van der Waals surface area contributed by atoms with Crippen molar-refractivity contribution in [1.82, 2.24) is 4.90 Å². The number of benzene rings is 1. The maximum atomic E-state index is 12.6. The van der Waals surface area contributed by atoms with Gasteiger partial charge in [0.1, 0.15) is 0 Å². The van der Waals surface area contributed by atoms with Crippen molar-refractivity contribution < 1.29 is 4.79 Å². The SMILES string of the molecule is CCN(CC)C(C)(CC)C(=O)Cc1ccc(Cl)cc1. The number of halogens is 1. The van der Waals surface area contributed by atoms with Crippen LogP contribution in [0.1, 0.15) is 39.7 Å². The summed E-state index contributed by atoms with van der Waals surface area (Å²) < 4.78 is 0. The van der Waals surface area contributed by atoms with Gasteiger partial charge in [0.05, 0.1) is 5.54 Å². The molecule has 0 aliphatic rings. The zero-order chi connectivity index (χ0) is 14.5. The van der Waals surface area contributed by atoms with Crippen molar-refractivity contribution in [2.75, 3.05) is 13.1 Å². The van der Waals surface area contributed by atoms with Crippen LogP contribution in [0.5, 0.6) is 0 Å². The number of hydrogen-bond donors (Lipinski definition) is 0. The smallest absolute Gasteiger partial charge is 0.157 e. The summed E-state index contributed by atoms with van der Waals surface area (Å²) in [6, 6.07) is 7.53.